The molecule has 3 aromatic rings. The van der Waals surface area contributed by atoms with Crippen LogP contribution in [0, 0.1) is 0 Å². The third-order valence-corrected chi connectivity index (χ3v) is 4.15. The number of aryl methyl sites for hydroxylation is 1. The van der Waals surface area contributed by atoms with Gasteiger partial charge in [0.2, 0.25) is 0 Å². The van der Waals surface area contributed by atoms with E-state index in [2.05, 4.69) is 27.6 Å². The number of hydrogen-bond donors (Lipinski definition) is 1. The molecule has 1 N–H and O–H groups in total. The summed E-state index contributed by atoms with van der Waals surface area (Å²) in [6.45, 7) is 1.43. The van der Waals surface area contributed by atoms with Gasteiger partial charge in [-0.15, -0.1) is 0 Å². The first-order chi connectivity index (χ1) is 11.6. The average molecular weight is 340 g/mol. The molecule has 0 unspecified atom stereocenters. The fourth-order valence-corrected chi connectivity index (χ4v) is 2.56. The first-order valence-electron chi connectivity index (χ1n) is 7.67. The number of benzene rings is 1. The number of rotatable bonds is 5. The highest BCUT2D eigenvalue weighted by Crippen LogP contribution is 2.10. The summed E-state index contributed by atoms with van der Waals surface area (Å²) in [7, 11) is 3.88. The topological polar surface area (TPSA) is 50.9 Å². The minimum Gasteiger partial charge on any atom is -0.346 e. The van der Waals surface area contributed by atoms with Crippen LogP contribution in [0.3, 0.4) is 0 Å². The van der Waals surface area contributed by atoms with Gasteiger partial charge in [-0.1, -0.05) is 30.3 Å². The van der Waals surface area contributed by atoms with Crippen LogP contribution in [0.4, 0.5) is 5.69 Å². The molecule has 24 heavy (non-hydrogen) atoms. The molecule has 0 spiro atoms. The lowest BCUT2D eigenvalue weighted by atomic mass is 10.2. The second kappa shape index (κ2) is 7.27. The summed E-state index contributed by atoms with van der Waals surface area (Å²) < 4.78 is 3.73. The molecule has 0 aliphatic heterocycles. The van der Waals surface area contributed by atoms with Crippen LogP contribution in [0.2, 0.25) is 0 Å². The Kier molecular flexibility index (Phi) is 4.90. The SMILES string of the molecule is CN(Cc1ccnn1C)C(=S)Nc1cnn(Cc2ccccc2)c1. The first kappa shape index (κ1) is 16.2. The van der Waals surface area contributed by atoms with Crippen LogP contribution in [-0.4, -0.2) is 36.6 Å². The Morgan fingerprint density at radius 3 is 2.71 bits per heavy atom. The summed E-state index contributed by atoms with van der Waals surface area (Å²) >= 11 is 5.46. The van der Waals surface area contributed by atoms with Gasteiger partial charge in [0.25, 0.3) is 0 Å². The summed E-state index contributed by atoms with van der Waals surface area (Å²) in [5, 5.41) is 12.4. The molecule has 6 nitrogen and oxygen atoms in total. The highest BCUT2D eigenvalue weighted by atomic mass is 32.1. The summed E-state index contributed by atoms with van der Waals surface area (Å²) in [6, 6.07) is 12.2. The van der Waals surface area contributed by atoms with E-state index in [9.17, 15) is 0 Å². The van der Waals surface area contributed by atoms with Crippen molar-refractivity contribution in [2.75, 3.05) is 12.4 Å². The van der Waals surface area contributed by atoms with Crippen molar-refractivity contribution in [1.29, 1.82) is 0 Å². The summed E-state index contributed by atoms with van der Waals surface area (Å²) in [4.78, 5) is 1.97. The highest BCUT2D eigenvalue weighted by molar-refractivity contribution is 7.80. The summed E-state index contributed by atoms with van der Waals surface area (Å²) in [5.74, 6) is 0. The maximum Gasteiger partial charge on any atom is 0.173 e. The van der Waals surface area contributed by atoms with Gasteiger partial charge in [-0.2, -0.15) is 10.2 Å². The van der Waals surface area contributed by atoms with E-state index >= 15 is 0 Å². The molecule has 1 aromatic carbocycles. The normalized spacial score (nSPS) is 10.6. The van der Waals surface area contributed by atoms with E-state index in [1.165, 1.54) is 5.56 Å². The predicted octanol–water partition coefficient (Wildman–Crippen LogP) is 2.49. The van der Waals surface area contributed by atoms with Gasteiger partial charge in [0.15, 0.2) is 5.11 Å². The van der Waals surface area contributed by atoms with Crippen LogP contribution >= 0.6 is 12.2 Å². The molecule has 0 fully saturated rings. The Hall–Kier alpha value is -2.67. The standard InChI is InChI=1S/C17H20N6S/c1-21(13-16-8-9-18-22(16)2)17(24)20-15-10-19-23(12-15)11-14-6-4-3-5-7-14/h3-10,12H,11,13H2,1-2H3,(H,20,24). The van der Waals surface area contributed by atoms with E-state index in [-0.39, 0.29) is 0 Å². The van der Waals surface area contributed by atoms with Crippen LogP contribution < -0.4 is 5.32 Å². The summed E-state index contributed by atoms with van der Waals surface area (Å²) in [5.41, 5.74) is 3.19. The smallest absolute Gasteiger partial charge is 0.173 e. The molecule has 3 rings (SSSR count). The molecule has 0 saturated heterocycles. The number of nitrogens with zero attached hydrogens (tertiary/aromatic N) is 5. The van der Waals surface area contributed by atoms with Gasteiger partial charge < -0.3 is 10.2 Å². The highest BCUT2D eigenvalue weighted by Gasteiger charge is 2.09. The molecule has 0 aliphatic rings. The minimum absolute atomic E-state index is 0.649. The molecule has 0 bridgehead atoms. The minimum atomic E-state index is 0.649. The molecular weight excluding hydrogens is 320 g/mol. The average Bonchev–Trinajstić information content (AvgIpc) is 3.18. The van der Waals surface area contributed by atoms with E-state index in [1.807, 2.05) is 58.8 Å². The Balaban J connectivity index is 1.57. The molecule has 0 atom stereocenters. The first-order valence-corrected chi connectivity index (χ1v) is 8.08. The molecule has 2 aromatic heterocycles. The maximum atomic E-state index is 5.46. The lowest BCUT2D eigenvalue weighted by molar-refractivity contribution is 0.482. The molecule has 7 heteroatoms. The van der Waals surface area contributed by atoms with Gasteiger partial charge in [0.1, 0.15) is 0 Å². The van der Waals surface area contributed by atoms with Gasteiger partial charge in [0.05, 0.1) is 30.7 Å². The van der Waals surface area contributed by atoms with Gasteiger partial charge in [-0.3, -0.25) is 9.36 Å². The van der Waals surface area contributed by atoms with Gasteiger partial charge >= 0.3 is 0 Å². The van der Waals surface area contributed by atoms with Gasteiger partial charge in [0, 0.05) is 26.5 Å². The lowest BCUT2D eigenvalue weighted by Crippen LogP contribution is -2.31. The van der Waals surface area contributed by atoms with Gasteiger partial charge in [-0.25, -0.2) is 0 Å². The fourth-order valence-electron chi connectivity index (χ4n) is 2.38. The molecule has 0 saturated carbocycles. The fraction of sp³-hybridized carbons (Fsp3) is 0.235. The van der Waals surface area contributed by atoms with Crippen molar-refractivity contribution >= 4 is 23.0 Å². The van der Waals surface area contributed by atoms with E-state index in [0.717, 1.165) is 17.9 Å². The second-order valence-corrected chi connectivity index (χ2v) is 6.03. The Morgan fingerprint density at radius 2 is 2.00 bits per heavy atom. The molecule has 2 heterocycles. The number of nitrogens with one attached hydrogen (secondary N) is 1. The number of thiocarbonyl (C=S) groups is 1. The third-order valence-electron chi connectivity index (χ3n) is 3.74. The van der Waals surface area contributed by atoms with Crippen molar-refractivity contribution in [2.24, 2.45) is 7.05 Å². The largest absolute Gasteiger partial charge is 0.346 e. The summed E-state index contributed by atoms with van der Waals surface area (Å²) in [6.07, 6.45) is 5.53. The van der Waals surface area contributed by atoms with Gasteiger partial charge in [-0.05, 0) is 23.8 Å². The van der Waals surface area contributed by atoms with E-state index < -0.39 is 0 Å². The molecular formula is C17H20N6S. The van der Waals surface area contributed by atoms with Crippen molar-refractivity contribution in [2.45, 2.75) is 13.1 Å². The number of anilines is 1. The Bertz CT molecular complexity index is 807. The Morgan fingerprint density at radius 1 is 1.21 bits per heavy atom. The van der Waals surface area contributed by atoms with Crippen LogP contribution in [0.5, 0.6) is 0 Å². The van der Waals surface area contributed by atoms with Crippen molar-refractivity contribution < 1.29 is 0 Å². The third kappa shape index (κ3) is 3.99. The zero-order valence-corrected chi connectivity index (χ0v) is 14.6. The second-order valence-electron chi connectivity index (χ2n) is 5.64. The molecule has 124 valence electrons. The zero-order valence-electron chi connectivity index (χ0n) is 13.8. The zero-order chi connectivity index (χ0) is 16.9. The van der Waals surface area contributed by atoms with Crippen molar-refractivity contribution in [3.63, 3.8) is 0 Å². The number of aromatic nitrogens is 4. The van der Waals surface area contributed by atoms with Crippen LogP contribution in [0.25, 0.3) is 0 Å². The van der Waals surface area contributed by atoms with Crippen molar-refractivity contribution in [3.8, 4) is 0 Å². The molecule has 0 amide bonds. The molecule has 0 aliphatic carbocycles. The number of hydrogen-bond acceptors (Lipinski definition) is 3. The van der Waals surface area contributed by atoms with Crippen LogP contribution in [0.1, 0.15) is 11.3 Å². The Labute approximate surface area is 146 Å². The predicted molar refractivity (Wildman–Crippen MR) is 98.7 cm³/mol. The van der Waals surface area contributed by atoms with Crippen molar-refractivity contribution in [1.82, 2.24) is 24.5 Å². The monoisotopic (exact) mass is 340 g/mol. The maximum absolute atomic E-state index is 5.46. The van der Waals surface area contributed by atoms with Crippen molar-refractivity contribution in [3.05, 3.63) is 66.2 Å². The van der Waals surface area contributed by atoms with E-state index in [1.54, 1.807) is 12.4 Å². The van der Waals surface area contributed by atoms with Crippen LogP contribution in [-0.2, 0) is 20.1 Å². The van der Waals surface area contributed by atoms with E-state index in [0.29, 0.717) is 11.7 Å². The molecule has 0 radical (unpaired) electrons. The lowest BCUT2D eigenvalue weighted by Gasteiger charge is -2.20. The van der Waals surface area contributed by atoms with Crippen LogP contribution in [0.15, 0.2) is 55.0 Å². The van der Waals surface area contributed by atoms with E-state index in [4.69, 9.17) is 12.2 Å². The quantitative estimate of drug-likeness (QED) is 0.723.